The maximum Gasteiger partial charge on any atom is 0.315 e. The summed E-state index contributed by atoms with van der Waals surface area (Å²) in [5.41, 5.74) is -2.73. The average Bonchev–Trinajstić information content (AvgIpc) is 0.673. The lowest BCUT2D eigenvalue weighted by Gasteiger charge is -2.71. The largest absolute Gasteiger partial charge is 0.432 e. The normalized spacial score (nSPS) is 55.1. The van der Waals surface area contributed by atoms with Crippen molar-refractivity contribution in [3.05, 3.63) is 11.6 Å². The maximum absolute atomic E-state index is 15.4. The van der Waals surface area contributed by atoms with E-state index in [9.17, 15) is 117 Å². The second-order valence-corrected chi connectivity index (χ2v) is 36.5. The molecule has 668 valence electrons. The van der Waals surface area contributed by atoms with Crippen LogP contribution in [0, 0.1) is 50.2 Å². The van der Waals surface area contributed by atoms with E-state index in [1.807, 2.05) is 6.92 Å². The standard InChI is InChI=1S/C76H124O40/c1-27-40(83)45(88)51(94)64(104-27)112-58-34(21-78)107-62(53(96)48(58)91)103-25-36-43(86)46(89)52(95)67(109-36)116-70(100)76-17-15-71(3,4)19-30(76)29-9-10-38-72(5)13-12-39(73(6,26-80)37(72)11-14-75(38,8)74(29,7)16-18-76)110-69-61(42(85)32(82)24-102-69)115-68-56(99)60(44(87)33(20-77)106-68)114-66-55(98)49(92)59(35(22-79)108-66)113-65-54(97)47(90)57(28(2)105-65)111-63-50(93)41(84)31(81)23-101-63/h9,27-28,30-69,77-99H,10-26H2,1-8H3/t27-,28-,30-,31+,32-,33+,34+,35+,36+,37+,38+,39-,40-,41+,42-,43+,44+,45+,46-,47-,48+,49+,50+,51+,52+,53+,54+,55+,56+,57-,58+,59+,60-,61+,62+,63-,64-,65-,66-,67-,68-,69-,72-,73-,74+,75+,76-/m0/s1. The van der Waals surface area contributed by atoms with Gasteiger partial charge in [-0.15, -0.1) is 0 Å². The molecule has 0 amide bonds. The van der Waals surface area contributed by atoms with E-state index in [0.29, 0.717) is 64.2 Å². The molecule has 13 aliphatic rings. The van der Waals surface area contributed by atoms with Gasteiger partial charge in [0.2, 0.25) is 6.29 Å². The number of carbonyl (C=O) groups is 1. The van der Waals surface area contributed by atoms with Crippen LogP contribution in [0.4, 0.5) is 0 Å². The Labute approximate surface area is 669 Å². The quantitative estimate of drug-likeness (QED) is 0.0288. The lowest BCUT2D eigenvalue weighted by Crippen LogP contribution is -2.68. The topological polar surface area (TPSA) is 630 Å². The van der Waals surface area contributed by atoms with E-state index in [1.54, 1.807) is 0 Å². The number of esters is 1. The molecule has 8 aliphatic heterocycles. The molecule has 4 saturated carbocycles. The first-order valence-electron chi connectivity index (χ1n) is 40.6. The Balaban J connectivity index is 0.659. The lowest BCUT2D eigenvalue weighted by molar-refractivity contribution is -0.394. The number of allylic oxidation sites excluding steroid dienone is 2. The fourth-order valence-electron chi connectivity index (χ4n) is 21.7. The van der Waals surface area contributed by atoms with Gasteiger partial charge in [0.25, 0.3) is 0 Å². The number of hydrogen-bond acceptors (Lipinski definition) is 40. The molecule has 0 unspecified atom stereocenters. The molecular formula is C76H124O40. The highest BCUT2D eigenvalue weighted by Gasteiger charge is 2.71. The predicted molar refractivity (Wildman–Crippen MR) is 380 cm³/mol. The number of fused-ring (bicyclic) bond motifs is 7. The Kier molecular flexibility index (Phi) is 27.8. The molecule has 0 spiro atoms. The molecule has 8 saturated heterocycles. The van der Waals surface area contributed by atoms with E-state index in [-0.39, 0.29) is 29.8 Å². The first-order valence-corrected chi connectivity index (χ1v) is 40.6. The van der Waals surface area contributed by atoms with Crippen LogP contribution in [0.15, 0.2) is 11.6 Å². The minimum Gasteiger partial charge on any atom is -0.432 e. The second kappa shape index (κ2) is 35.3. The first kappa shape index (κ1) is 91.4. The molecule has 116 heavy (non-hydrogen) atoms. The van der Waals surface area contributed by atoms with Gasteiger partial charge in [-0.1, -0.05) is 53.2 Å². The number of aliphatic hydroxyl groups excluding tert-OH is 23. The fraction of sp³-hybridized carbons (Fsp3) is 0.961. The number of rotatable bonds is 21. The smallest absolute Gasteiger partial charge is 0.315 e. The summed E-state index contributed by atoms with van der Waals surface area (Å²) in [7, 11) is 0. The van der Waals surface area contributed by atoms with E-state index >= 15 is 4.79 Å². The van der Waals surface area contributed by atoms with Gasteiger partial charge in [-0.05, 0) is 117 Å². The van der Waals surface area contributed by atoms with Crippen LogP contribution >= 0.6 is 0 Å². The van der Waals surface area contributed by atoms with Gasteiger partial charge in [-0.2, -0.15) is 0 Å². The number of ether oxygens (including phenoxy) is 16. The van der Waals surface area contributed by atoms with Crippen molar-refractivity contribution in [1.29, 1.82) is 0 Å². The van der Waals surface area contributed by atoms with Crippen LogP contribution in [0.1, 0.15) is 120 Å². The summed E-state index contributed by atoms with van der Waals surface area (Å²) < 4.78 is 94.6. The SMILES string of the molecule is C[C@@H]1O[C@@H](O[C@H]2[C@H](O)[C@@H](O)[C@H](OC[C@H]3O[C@@H](OC(=O)[C@]45CCC(C)(C)C[C@H]4C4=CC[C@@H]6[C@@]7(C)CC[C@H](O[C@@H]8OC[C@H](O)[C@H](O)[C@H]8O[C@@H]8O[C@H](CO)[C@@H](O)[C@H](O[C@@H]9O[C@H](CO)[C@@H](O[C@@H]%10O[C@@H](C)[C@H](O[C@@H]%11OC[C@@H](O)[C@@H](O)[C@H]%11O)[C@@H](O)[C@H]%10O)[C@H](O)[C@H]9O)[C@H]8O)[C@@](C)(CO)[C@@H]7CC[C@@]6(C)[C@]4(C)CC5)[C@H](O)[C@@H](O)[C@@H]3O)O[C@@H]2CO)[C@H](O)[C@H](O)[C@H]1O. The van der Waals surface area contributed by atoms with Crippen LogP contribution in [-0.4, -0.2) is 409 Å². The van der Waals surface area contributed by atoms with E-state index in [2.05, 4.69) is 40.7 Å². The van der Waals surface area contributed by atoms with Crippen molar-refractivity contribution >= 4 is 5.97 Å². The summed E-state index contributed by atoms with van der Waals surface area (Å²) in [6.45, 7) is 11.1. The Morgan fingerprint density at radius 1 is 0.414 bits per heavy atom. The van der Waals surface area contributed by atoms with Crippen LogP contribution in [0.2, 0.25) is 0 Å². The Morgan fingerprint density at radius 2 is 0.905 bits per heavy atom. The molecule has 0 aromatic heterocycles. The summed E-state index contributed by atoms with van der Waals surface area (Å²) in [5.74, 6) is -1.29. The van der Waals surface area contributed by atoms with Gasteiger partial charge in [0.05, 0.1) is 70.0 Å². The van der Waals surface area contributed by atoms with Crippen molar-refractivity contribution < 1.29 is 198 Å². The van der Waals surface area contributed by atoms with Gasteiger partial charge in [0, 0.05) is 5.41 Å². The zero-order chi connectivity index (χ0) is 84.4. The monoisotopic (exact) mass is 1680 g/mol. The first-order chi connectivity index (χ1) is 54.6. The molecule has 40 nitrogen and oxygen atoms in total. The number of aliphatic hydroxyl groups is 23. The van der Waals surface area contributed by atoms with Crippen LogP contribution in [0.5, 0.6) is 0 Å². The third-order valence-corrected chi connectivity index (χ3v) is 29.1. The maximum atomic E-state index is 15.4. The van der Waals surface area contributed by atoms with Gasteiger partial charge in [0.1, 0.15) is 171 Å². The molecule has 0 aromatic carbocycles. The summed E-state index contributed by atoms with van der Waals surface area (Å²) in [5, 5.41) is 254. The van der Waals surface area contributed by atoms with Crippen molar-refractivity contribution in [3.8, 4) is 0 Å². The number of carbonyl (C=O) groups excluding carboxylic acids is 1. The Bertz CT molecular complexity index is 3310. The molecule has 23 N–H and O–H groups in total. The molecule has 8 heterocycles. The van der Waals surface area contributed by atoms with Crippen molar-refractivity contribution in [2.45, 2.75) is 359 Å². The van der Waals surface area contributed by atoms with Crippen LogP contribution in [-0.2, 0) is 80.6 Å². The van der Waals surface area contributed by atoms with Crippen molar-refractivity contribution in [3.63, 3.8) is 0 Å². The molecule has 0 radical (unpaired) electrons. The molecular weight excluding hydrogens is 1550 g/mol. The third-order valence-electron chi connectivity index (χ3n) is 29.1. The number of hydrogen-bond donors (Lipinski definition) is 23. The van der Waals surface area contributed by atoms with E-state index in [0.717, 1.165) is 5.57 Å². The highest BCUT2D eigenvalue weighted by molar-refractivity contribution is 5.79. The zero-order valence-corrected chi connectivity index (χ0v) is 66.1. The molecule has 12 fully saturated rings. The summed E-state index contributed by atoms with van der Waals surface area (Å²) in [6.07, 6.45) is -59.4. The summed E-state index contributed by atoms with van der Waals surface area (Å²) in [6, 6.07) is 0. The third kappa shape index (κ3) is 16.2. The average molecular weight is 1680 g/mol. The van der Waals surface area contributed by atoms with E-state index in [4.69, 9.17) is 75.8 Å². The molecule has 0 bridgehead atoms. The van der Waals surface area contributed by atoms with Crippen molar-refractivity contribution in [1.82, 2.24) is 0 Å². The van der Waals surface area contributed by atoms with Gasteiger partial charge >= 0.3 is 5.97 Å². The minimum atomic E-state index is -2.15. The predicted octanol–water partition coefficient (Wildman–Crippen LogP) is -8.43. The van der Waals surface area contributed by atoms with Gasteiger partial charge < -0.3 is 193 Å². The lowest BCUT2D eigenvalue weighted by atomic mass is 9.33. The minimum absolute atomic E-state index is 0.00681. The summed E-state index contributed by atoms with van der Waals surface area (Å²) in [4.78, 5) is 15.4. The van der Waals surface area contributed by atoms with Gasteiger partial charge in [-0.3, -0.25) is 4.79 Å². The van der Waals surface area contributed by atoms with E-state index in [1.165, 1.54) is 13.8 Å². The highest BCUT2D eigenvalue weighted by Crippen LogP contribution is 2.76. The molecule has 13 rings (SSSR count). The molecule has 47 atom stereocenters. The van der Waals surface area contributed by atoms with Crippen molar-refractivity contribution in [2.75, 3.05) is 46.2 Å². The van der Waals surface area contributed by atoms with Crippen LogP contribution in [0.3, 0.4) is 0 Å². The second-order valence-electron chi connectivity index (χ2n) is 36.5. The molecule has 5 aliphatic carbocycles. The molecule has 40 heteroatoms. The Morgan fingerprint density at radius 3 is 1.53 bits per heavy atom. The highest BCUT2D eigenvalue weighted by atomic mass is 16.8. The molecule has 0 aromatic rings. The van der Waals surface area contributed by atoms with Crippen molar-refractivity contribution in [2.24, 2.45) is 50.2 Å². The van der Waals surface area contributed by atoms with Crippen LogP contribution in [0.25, 0.3) is 0 Å². The summed E-state index contributed by atoms with van der Waals surface area (Å²) >= 11 is 0. The van der Waals surface area contributed by atoms with Gasteiger partial charge in [0.15, 0.2) is 44.0 Å². The fourth-order valence-corrected chi connectivity index (χ4v) is 21.7. The van der Waals surface area contributed by atoms with Gasteiger partial charge in [-0.25, -0.2) is 0 Å². The van der Waals surface area contributed by atoms with Crippen LogP contribution < -0.4 is 0 Å². The zero-order valence-electron chi connectivity index (χ0n) is 66.1. The Hall–Kier alpha value is -2.31. The van der Waals surface area contributed by atoms with E-state index < -0.39 is 312 Å².